The standard InChI is InChI=1S/C22H24N4O3/c27-21-12-18(23-14-24-21)22(28)25-9-6-16(7-10-25)29-20-3-1-2-19-17(20)8-11-26(19)13-15-4-5-15/h1-3,8,11-12,14-16H,4-7,9-10,13H2,(H,23,24,27). The second-order valence-electron chi connectivity index (χ2n) is 8.01. The number of nitrogens with zero attached hydrogens (tertiary/aromatic N) is 3. The summed E-state index contributed by atoms with van der Waals surface area (Å²) in [5.41, 5.74) is 1.10. The molecule has 7 nitrogen and oxygen atoms in total. The molecule has 0 atom stereocenters. The van der Waals surface area contributed by atoms with Gasteiger partial charge in [0.25, 0.3) is 11.5 Å². The predicted octanol–water partition coefficient (Wildman–Crippen LogP) is 2.82. The average Bonchev–Trinajstić information content (AvgIpc) is 3.46. The summed E-state index contributed by atoms with van der Waals surface area (Å²) < 4.78 is 8.66. The Morgan fingerprint density at radius 2 is 2.00 bits per heavy atom. The van der Waals surface area contributed by atoms with Crippen LogP contribution in [0.2, 0.25) is 0 Å². The number of carbonyl (C=O) groups excluding carboxylic acids is 1. The number of H-pyrrole nitrogens is 1. The summed E-state index contributed by atoms with van der Waals surface area (Å²) in [6.07, 6.45) is 7.68. The van der Waals surface area contributed by atoms with E-state index in [1.807, 2.05) is 6.07 Å². The Kier molecular flexibility index (Phi) is 4.58. The van der Waals surface area contributed by atoms with Crippen LogP contribution in [0.3, 0.4) is 0 Å². The van der Waals surface area contributed by atoms with Crippen molar-refractivity contribution in [1.29, 1.82) is 0 Å². The van der Waals surface area contributed by atoms with E-state index >= 15 is 0 Å². The fourth-order valence-electron chi connectivity index (χ4n) is 4.04. The number of rotatable bonds is 5. The Bertz CT molecular complexity index is 1090. The Morgan fingerprint density at radius 1 is 1.17 bits per heavy atom. The van der Waals surface area contributed by atoms with Crippen molar-refractivity contribution in [2.45, 2.75) is 38.3 Å². The summed E-state index contributed by atoms with van der Waals surface area (Å²) in [6.45, 7) is 2.27. The van der Waals surface area contributed by atoms with Gasteiger partial charge in [-0.15, -0.1) is 0 Å². The zero-order chi connectivity index (χ0) is 19.8. The van der Waals surface area contributed by atoms with Gasteiger partial charge in [0.1, 0.15) is 17.5 Å². The van der Waals surface area contributed by atoms with Crippen molar-refractivity contribution in [2.75, 3.05) is 13.1 Å². The lowest BCUT2D eigenvalue weighted by Gasteiger charge is -2.32. The second-order valence-corrected chi connectivity index (χ2v) is 8.01. The smallest absolute Gasteiger partial charge is 0.272 e. The van der Waals surface area contributed by atoms with Gasteiger partial charge in [0.2, 0.25) is 0 Å². The van der Waals surface area contributed by atoms with Crippen molar-refractivity contribution in [2.24, 2.45) is 5.92 Å². The lowest BCUT2D eigenvalue weighted by atomic mass is 10.1. The van der Waals surface area contributed by atoms with E-state index in [2.05, 4.69) is 38.9 Å². The molecule has 1 saturated heterocycles. The third-order valence-electron chi connectivity index (χ3n) is 5.85. The minimum Gasteiger partial charge on any atom is -0.490 e. The summed E-state index contributed by atoms with van der Waals surface area (Å²) in [4.78, 5) is 32.1. The van der Waals surface area contributed by atoms with Gasteiger partial charge < -0.3 is 19.2 Å². The summed E-state index contributed by atoms with van der Waals surface area (Å²) in [5, 5.41) is 1.15. The molecule has 1 aliphatic heterocycles. The van der Waals surface area contributed by atoms with Crippen molar-refractivity contribution >= 4 is 16.8 Å². The number of likely N-dealkylation sites (tertiary alicyclic amines) is 1. The van der Waals surface area contributed by atoms with E-state index in [4.69, 9.17) is 4.74 Å². The number of piperidine rings is 1. The number of benzene rings is 1. The van der Waals surface area contributed by atoms with Gasteiger partial charge in [0, 0.05) is 50.1 Å². The molecule has 1 saturated carbocycles. The fourth-order valence-corrected chi connectivity index (χ4v) is 4.04. The molecule has 2 aliphatic rings. The van der Waals surface area contributed by atoms with Crippen LogP contribution in [-0.4, -0.2) is 44.5 Å². The van der Waals surface area contributed by atoms with Crippen molar-refractivity contribution in [3.8, 4) is 5.75 Å². The summed E-state index contributed by atoms with van der Waals surface area (Å²) in [7, 11) is 0. The molecule has 5 rings (SSSR count). The second kappa shape index (κ2) is 7.39. The molecule has 0 radical (unpaired) electrons. The number of hydrogen-bond acceptors (Lipinski definition) is 4. The molecule has 1 aromatic carbocycles. The molecule has 150 valence electrons. The van der Waals surface area contributed by atoms with Crippen LogP contribution in [0.1, 0.15) is 36.2 Å². The lowest BCUT2D eigenvalue weighted by Crippen LogP contribution is -2.42. The van der Waals surface area contributed by atoms with Crippen LogP contribution in [0.4, 0.5) is 0 Å². The zero-order valence-corrected chi connectivity index (χ0v) is 16.2. The molecule has 3 aromatic rings. The maximum Gasteiger partial charge on any atom is 0.272 e. The van der Waals surface area contributed by atoms with E-state index in [1.54, 1.807) is 4.90 Å². The van der Waals surface area contributed by atoms with Crippen molar-refractivity contribution < 1.29 is 9.53 Å². The molecule has 0 spiro atoms. The molecule has 0 unspecified atom stereocenters. The number of fused-ring (bicyclic) bond motifs is 1. The van der Waals surface area contributed by atoms with Crippen LogP contribution in [0, 0.1) is 5.92 Å². The van der Waals surface area contributed by atoms with Gasteiger partial charge in [-0.05, 0) is 37.0 Å². The topological polar surface area (TPSA) is 80.2 Å². The maximum absolute atomic E-state index is 12.6. The van der Waals surface area contributed by atoms with Gasteiger partial charge in [-0.3, -0.25) is 9.59 Å². The number of ether oxygens (including phenoxy) is 1. The van der Waals surface area contributed by atoms with Crippen molar-refractivity contribution in [3.63, 3.8) is 0 Å². The summed E-state index contributed by atoms with van der Waals surface area (Å²) >= 11 is 0. The van der Waals surface area contributed by atoms with E-state index < -0.39 is 0 Å². The first-order chi connectivity index (χ1) is 14.2. The van der Waals surface area contributed by atoms with Crippen LogP contribution >= 0.6 is 0 Å². The maximum atomic E-state index is 12.6. The minimum atomic E-state index is -0.316. The Morgan fingerprint density at radius 3 is 2.76 bits per heavy atom. The van der Waals surface area contributed by atoms with Crippen molar-refractivity contribution in [3.05, 3.63) is 58.9 Å². The normalized spacial score (nSPS) is 17.6. The van der Waals surface area contributed by atoms with Crippen LogP contribution in [0.5, 0.6) is 5.75 Å². The van der Waals surface area contributed by atoms with Gasteiger partial charge in [0.05, 0.1) is 11.8 Å². The first kappa shape index (κ1) is 18.0. The van der Waals surface area contributed by atoms with Crippen LogP contribution in [0.25, 0.3) is 10.9 Å². The highest BCUT2D eigenvalue weighted by molar-refractivity contribution is 5.92. The molecule has 2 aromatic heterocycles. The van der Waals surface area contributed by atoms with E-state index in [0.29, 0.717) is 13.1 Å². The molecule has 0 bridgehead atoms. The SMILES string of the molecule is O=C(c1cc(=O)[nH]cn1)N1CCC(Oc2cccc3c2ccn3CC2CC2)CC1. The third kappa shape index (κ3) is 3.77. The molecule has 29 heavy (non-hydrogen) atoms. The van der Waals surface area contributed by atoms with Gasteiger partial charge in [-0.1, -0.05) is 6.07 Å². The number of amides is 1. The number of aromatic amines is 1. The monoisotopic (exact) mass is 392 g/mol. The first-order valence-corrected chi connectivity index (χ1v) is 10.3. The number of aromatic nitrogens is 3. The van der Waals surface area contributed by atoms with E-state index in [-0.39, 0.29) is 23.3 Å². The van der Waals surface area contributed by atoms with Crippen LogP contribution in [0.15, 0.2) is 47.7 Å². The molecular weight excluding hydrogens is 368 g/mol. The van der Waals surface area contributed by atoms with Gasteiger partial charge in [-0.2, -0.15) is 0 Å². The number of carbonyl (C=O) groups is 1. The Labute approximate surface area is 168 Å². The Balaban J connectivity index is 1.24. The molecule has 1 amide bonds. The van der Waals surface area contributed by atoms with Gasteiger partial charge in [0.15, 0.2) is 0 Å². The molecule has 1 aliphatic carbocycles. The highest BCUT2D eigenvalue weighted by atomic mass is 16.5. The molecular formula is C22H24N4O3. The largest absolute Gasteiger partial charge is 0.490 e. The highest BCUT2D eigenvalue weighted by Gasteiger charge is 2.26. The number of hydrogen-bond donors (Lipinski definition) is 1. The van der Waals surface area contributed by atoms with E-state index in [1.165, 1.54) is 30.8 Å². The van der Waals surface area contributed by atoms with Gasteiger partial charge in [-0.25, -0.2) is 4.98 Å². The molecule has 7 heteroatoms. The third-order valence-corrected chi connectivity index (χ3v) is 5.85. The summed E-state index contributed by atoms with van der Waals surface area (Å²) in [6, 6.07) is 9.63. The number of nitrogens with one attached hydrogen (secondary N) is 1. The van der Waals surface area contributed by atoms with Gasteiger partial charge >= 0.3 is 0 Å². The molecule has 3 heterocycles. The zero-order valence-electron chi connectivity index (χ0n) is 16.2. The predicted molar refractivity (Wildman–Crippen MR) is 109 cm³/mol. The van der Waals surface area contributed by atoms with Crippen LogP contribution in [-0.2, 0) is 6.54 Å². The summed E-state index contributed by atoms with van der Waals surface area (Å²) in [5.74, 6) is 1.54. The quantitative estimate of drug-likeness (QED) is 0.724. The fraction of sp³-hybridized carbons (Fsp3) is 0.409. The van der Waals surface area contributed by atoms with E-state index in [0.717, 1.165) is 36.4 Å². The van der Waals surface area contributed by atoms with Crippen molar-refractivity contribution in [1.82, 2.24) is 19.4 Å². The average molecular weight is 392 g/mol. The van der Waals surface area contributed by atoms with Crippen LogP contribution < -0.4 is 10.3 Å². The van der Waals surface area contributed by atoms with E-state index in [9.17, 15) is 9.59 Å². The minimum absolute atomic E-state index is 0.0727. The molecule has 1 N–H and O–H groups in total. The Hall–Kier alpha value is -3.09. The first-order valence-electron chi connectivity index (χ1n) is 10.3. The lowest BCUT2D eigenvalue weighted by molar-refractivity contribution is 0.0592. The highest BCUT2D eigenvalue weighted by Crippen LogP contribution is 2.34. The molecule has 2 fully saturated rings.